The van der Waals surface area contributed by atoms with Crippen molar-refractivity contribution in [3.05, 3.63) is 0 Å². The average molecular weight is 99.2 g/mol. The van der Waals surface area contributed by atoms with Gasteiger partial charge in [-0.05, 0) is 7.05 Å². The Morgan fingerprint density at radius 2 is 1.86 bits per heavy atom. The lowest BCUT2D eigenvalue weighted by Gasteiger charge is -2.20. The zero-order chi connectivity index (χ0) is 5.11. The van der Waals surface area contributed by atoms with E-state index in [1.54, 1.807) is 0 Å². The molecule has 2 nitrogen and oxygen atoms in total. The first-order valence-corrected chi connectivity index (χ1v) is 2.71. The van der Waals surface area contributed by atoms with Gasteiger partial charge in [-0.2, -0.15) is 0 Å². The Labute approximate surface area is 44.5 Å². The Kier molecular flexibility index (Phi) is 1.65. The van der Waals surface area contributed by atoms with Crippen molar-refractivity contribution in [3.8, 4) is 0 Å². The third-order valence-corrected chi connectivity index (χ3v) is 1.28. The van der Waals surface area contributed by atoms with Gasteiger partial charge in [0.15, 0.2) is 0 Å². The minimum absolute atomic E-state index is 1.04. The molecule has 1 aliphatic rings. The first-order chi connectivity index (χ1) is 3.39. The lowest BCUT2D eigenvalue weighted by Crippen LogP contribution is -2.37. The van der Waals surface area contributed by atoms with Crippen LogP contribution in [0.15, 0.2) is 0 Å². The Balaban J connectivity index is 2.12. The number of nitrogens with zero attached hydrogens (tertiary/aromatic N) is 2. The minimum atomic E-state index is 1.04. The maximum Gasteiger partial charge on any atom is 0.0261 e. The van der Waals surface area contributed by atoms with E-state index in [2.05, 4.69) is 17.3 Å². The molecule has 0 aliphatic carbocycles. The molecule has 0 amide bonds. The standard InChI is InChI=1S/C5H11N2/c1-7-4-2-6-3-5-7/h2-5H2,1H3. The van der Waals surface area contributed by atoms with E-state index in [0.29, 0.717) is 0 Å². The van der Waals surface area contributed by atoms with E-state index >= 15 is 0 Å². The van der Waals surface area contributed by atoms with Gasteiger partial charge in [-0.3, -0.25) is 0 Å². The van der Waals surface area contributed by atoms with Gasteiger partial charge < -0.3 is 4.90 Å². The molecule has 0 spiro atoms. The maximum atomic E-state index is 4.19. The molecule has 1 heterocycles. The van der Waals surface area contributed by atoms with Crippen LogP contribution in [0.2, 0.25) is 0 Å². The van der Waals surface area contributed by atoms with Crippen LogP contribution in [0.4, 0.5) is 0 Å². The molecule has 0 aromatic heterocycles. The van der Waals surface area contributed by atoms with Crippen molar-refractivity contribution in [1.82, 2.24) is 10.2 Å². The second-order valence-electron chi connectivity index (χ2n) is 1.97. The maximum absolute atomic E-state index is 4.19. The van der Waals surface area contributed by atoms with Gasteiger partial charge in [0.05, 0.1) is 0 Å². The molecule has 1 radical (unpaired) electrons. The van der Waals surface area contributed by atoms with E-state index in [1.807, 2.05) is 0 Å². The summed E-state index contributed by atoms with van der Waals surface area (Å²) in [6, 6.07) is 0. The van der Waals surface area contributed by atoms with E-state index in [4.69, 9.17) is 0 Å². The Morgan fingerprint density at radius 3 is 2.14 bits per heavy atom. The van der Waals surface area contributed by atoms with Crippen LogP contribution in [0.3, 0.4) is 0 Å². The minimum Gasteiger partial charge on any atom is -0.304 e. The summed E-state index contributed by atoms with van der Waals surface area (Å²) >= 11 is 0. The molecule has 0 aromatic rings. The van der Waals surface area contributed by atoms with Crippen LogP contribution in [0.5, 0.6) is 0 Å². The third kappa shape index (κ3) is 1.45. The van der Waals surface area contributed by atoms with Crippen LogP contribution in [0, 0.1) is 0 Å². The predicted octanol–water partition coefficient (Wildman–Crippen LogP) is -0.464. The molecule has 0 unspecified atom stereocenters. The van der Waals surface area contributed by atoms with Gasteiger partial charge >= 0.3 is 0 Å². The van der Waals surface area contributed by atoms with Gasteiger partial charge in [0.2, 0.25) is 0 Å². The zero-order valence-electron chi connectivity index (χ0n) is 4.72. The molecule has 0 aromatic carbocycles. The molecule has 7 heavy (non-hydrogen) atoms. The molecule has 1 rings (SSSR count). The quantitative estimate of drug-likeness (QED) is 0.401. The lowest BCUT2D eigenvalue weighted by atomic mass is 10.4. The summed E-state index contributed by atoms with van der Waals surface area (Å²) in [7, 11) is 2.13. The highest BCUT2D eigenvalue weighted by molar-refractivity contribution is 4.61. The predicted molar refractivity (Wildman–Crippen MR) is 29.4 cm³/mol. The fourth-order valence-electron chi connectivity index (χ4n) is 0.706. The SMILES string of the molecule is CN1CC[N]CC1. The topological polar surface area (TPSA) is 17.3 Å². The van der Waals surface area contributed by atoms with Gasteiger partial charge in [0, 0.05) is 26.2 Å². The second-order valence-corrected chi connectivity index (χ2v) is 1.97. The summed E-state index contributed by atoms with van der Waals surface area (Å²) in [6.45, 7) is 4.38. The number of hydrogen-bond acceptors (Lipinski definition) is 1. The third-order valence-electron chi connectivity index (χ3n) is 1.28. The summed E-state index contributed by atoms with van der Waals surface area (Å²) < 4.78 is 0. The average Bonchev–Trinajstić information content (AvgIpc) is 1.69. The molecular formula is C5H11N2. The molecule has 1 saturated heterocycles. The molecule has 1 fully saturated rings. The Bertz CT molecular complexity index is 48.0. The fraction of sp³-hybridized carbons (Fsp3) is 1.00. The van der Waals surface area contributed by atoms with Crippen LogP contribution in [-0.2, 0) is 0 Å². The van der Waals surface area contributed by atoms with Crippen LogP contribution in [-0.4, -0.2) is 38.1 Å². The Morgan fingerprint density at radius 1 is 1.29 bits per heavy atom. The Hall–Kier alpha value is -0.0800. The zero-order valence-corrected chi connectivity index (χ0v) is 4.72. The van der Waals surface area contributed by atoms with Crippen molar-refractivity contribution >= 4 is 0 Å². The number of piperazine rings is 1. The molecule has 1 aliphatic heterocycles. The first-order valence-electron chi connectivity index (χ1n) is 2.71. The van der Waals surface area contributed by atoms with Gasteiger partial charge in [-0.1, -0.05) is 0 Å². The van der Waals surface area contributed by atoms with Gasteiger partial charge in [-0.15, -0.1) is 0 Å². The van der Waals surface area contributed by atoms with Crippen molar-refractivity contribution in [2.45, 2.75) is 0 Å². The number of rotatable bonds is 0. The van der Waals surface area contributed by atoms with Crippen molar-refractivity contribution in [3.63, 3.8) is 0 Å². The van der Waals surface area contributed by atoms with Gasteiger partial charge in [-0.25, -0.2) is 5.32 Å². The van der Waals surface area contributed by atoms with Crippen molar-refractivity contribution in [2.24, 2.45) is 0 Å². The normalized spacial score (nSPS) is 25.3. The fourth-order valence-corrected chi connectivity index (χ4v) is 0.706. The van der Waals surface area contributed by atoms with Crippen molar-refractivity contribution < 1.29 is 0 Å². The number of hydrogen-bond donors (Lipinski definition) is 0. The van der Waals surface area contributed by atoms with Crippen LogP contribution in [0.1, 0.15) is 0 Å². The highest BCUT2D eigenvalue weighted by Gasteiger charge is 2.02. The molecule has 0 N–H and O–H groups in total. The molecular weight excluding hydrogens is 88.1 g/mol. The van der Waals surface area contributed by atoms with E-state index in [-0.39, 0.29) is 0 Å². The molecule has 2 heteroatoms. The summed E-state index contributed by atoms with van der Waals surface area (Å²) in [5.74, 6) is 0. The van der Waals surface area contributed by atoms with Crippen molar-refractivity contribution in [1.29, 1.82) is 0 Å². The van der Waals surface area contributed by atoms with E-state index < -0.39 is 0 Å². The molecule has 0 saturated carbocycles. The largest absolute Gasteiger partial charge is 0.304 e. The summed E-state index contributed by atoms with van der Waals surface area (Å²) in [5.41, 5.74) is 0. The second kappa shape index (κ2) is 2.28. The molecule has 0 bridgehead atoms. The van der Waals surface area contributed by atoms with Crippen LogP contribution in [0.25, 0.3) is 0 Å². The van der Waals surface area contributed by atoms with E-state index in [0.717, 1.165) is 26.2 Å². The van der Waals surface area contributed by atoms with E-state index in [1.165, 1.54) is 0 Å². The highest BCUT2D eigenvalue weighted by Crippen LogP contribution is 1.84. The smallest absolute Gasteiger partial charge is 0.0261 e. The monoisotopic (exact) mass is 99.1 g/mol. The highest BCUT2D eigenvalue weighted by atomic mass is 15.2. The molecule has 41 valence electrons. The first kappa shape index (κ1) is 5.06. The van der Waals surface area contributed by atoms with Gasteiger partial charge in [0.25, 0.3) is 0 Å². The van der Waals surface area contributed by atoms with Crippen LogP contribution < -0.4 is 5.32 Å². The summed E-state index contributed by atoms with van der Waals surface area (Å²) in [4.78, 5) is 2.30. The van der Waals surface area contributed by atoms with Gasteiger partial charge in [0.1, 0.15) is 0 Å². The van der Waals surface area contributed by atoms with Crippen molar-refractivity contribution in [2.75, 3.05) is 33.2 Å². The molecule has 0 atom stereocenters. The van der Waals surface area contributed by atoms with E-state index in [9.17, 15) is 0 Å². The summed E-state index contributed by atoms with van der Waals surface area (Å²) in [6.07, 6.45) is 0. The lowest BCUT2D eigenvalue weighted by molar-refractivity contribution is 0.288. The van der Waals surface area contributed by atoms with Crippen LogP contribution >= 0.6 is 0 Å². The summed E-state index contributed by atoms with van der Waals surface area (Å²) in [5, 5.41) is 4.19. The number of likely N-dealkylation sites (N-methyl/N-ethyl adjacent to an activating group) is 1.